The number of hydrogen-bond donors (Lipinski definition) is 1. The van der Waals surface area contributed by atoms with Gasteiger partial charge in [-0.3, -0.25) is 0 Å². The molecule has 1 saturated carbocycles. The third-order valence-electron chi connectivity index (χ3n) is 2.79. The van der Waals surface area contributed by atoms with E-state index >= 15 is 0 Å². The van der Waals surface area contributed by atoms with Gasteiger partial charge in [0.2, 0.25) is 0 Å². The van der Waals surface area contributed by atoms with E-state index in [-0.39, 0.29) is 25.4 Å². The van der Waals surface area contributed by atoms with Crippen LogP contribution in [-0.4, -0.2) is 32.2 Å². The first-order valence-corrected chi connectivity index (χ1v) is 4.85. The lowest BCUT2D eigenvalue weighted by atomic mass is 10.1. The second-order valence-electron chi connectivity index (χ2n) is 4.06. The van der Waals surface area contributed by atoms with Gasteiger partial charge in [-0.15, -0.1) is 12.4 Å². The van der Waals surface area contributed by atoms with Crippen molar-refractivity contribution in [2.24, 2.45) is 11.8 Å². The average molecular weight is 228 g/mol. The molecule has 0 radical (unpaired) electrons. The van der Waals surface area contributed by atoms with Crippen LogP contribution in [0.25, 0.3) is 0 Å². The summed E-state index contributed by atoms with van der Waals surface area (Å²) in [6.07, 6.45) is 1.14. The van der Waals surface area contributed by atoms with Crippen molar-refractivity contribution in [2.75, 3.05) is 26.3 Å². The van der Waals surface area contributed by atoms with Crippen molar-refractivity contribution in [1.82, 2.24) is 5.32 Å². The van der Waals surface area contributed by atoms with Crippen molar-refractivity contribution >= 4 is 12.4 Å². The molecule has 2 nitrogen and oxygen atoms in total. The molecule has 84 valence electrons. The van der Waals surface area contributed by atoms with Gasteiger partial charge in [0.25, 0.3) is 5.92 Å². The van der Waals surface area contributed by atoms with Crippen LogP contribution in [0.15, 0.2) is 0 Å². The second-order valence-corrected chi connectivity index (χ2v) is 4.06. The zero-order valence-electron chi connectivity index (χ0n) is 7.97. The molecule has 0 aromatic carbocycles. The van der Waals surface area contributed by atoms with E-state index in [1.165, 1.54) is 0 Å². The number of rotatable bonds is 4. The number of hydrogen-bond acceptors (Lipinski definition) is 2. The van der Waals surface area contributed by atoms with Crippen LogP contribution in [0.5, 0.6) is 0 Å². The summed E-state index contributed by atoms with van der Waals surface area (Å²) in [4.78, 5) is 0. The topological polar surface area (TPSA) is 21.3 Å². The maximum Gasteiger partial charge on any atom is 0.253 e. The van der Waals surface area contributed by atoms with E-state index in [1.807, 2.05) is 0 Å². The van der Waals surface area contributed by atoms with Gasteiger partial charge in [-0.05, 0) is 18.9 Å². The molecule has 0 bridgehead atoms. The number of alkyl halides is 2. The molecule has 2 rings (SSSR count). The Morgan fingerprint density at radius 3 is 2.57 bits per heavy atom. The fourth-order valence-corrected chi connectivity index (χ4v) is 1.68. The van der Waals surface area contributed by atoms with Crippen molar-refractivity contribution in [1.29, 1.82) is 0 Å². The zero-order chi connectivity index (χ0) is 9.31. The van der Waals surface area contributed by atoms with Gasteiger partial charge in [-0.1, -0.05) is 0 Å². The van der Waals surface area contributed by atoms with Gasteiger partial charge in [0.15, 0.2) is 0 Å². The molecule has 1 aliphatic carbocycles. The number of halogens is 3. The smallest absolute Gasteiger partial charge is 0.253 e. The van der Waals surface area contributed by atoms with Crippen LogP contribution in [-0.2, 0) is 4.74 Å². The summed E-state index contributed by atoms with van der Waals surface area (Å²) in [7, 11) is 0. The van der Waals surface area contributed by atoms with Gasteiger partial charge < -0.3 is 10.1 Å². The van der Waals surface area contributed by atoms with Gasteiger partial charge in [0.05, 0.1) is 19.1 Å². The molecule has 0 aromatic heterocycles. The van der Waals surface area contributed by atoms with E-state index in [1.54, 1.807) is 0 Å². The molecule has 1 heterocycles. The summed E-state index contributed by atoms with van der Waals surface area (Å²) in [6.45, 7) is 2.89. The Bertz CT molecular complexity index is 181. The van der Waals surface area contributed by atoms with Crippen molar-refractivity contribution in [3.63, 3.8) is 0 Å². The molecule has 1 saturated heterocycles. The largest absolute Gasteiger partial charge is 0.381 e. The lowest BCUT2D eigenvalue weighted by molar-refractivity contribution is 0.0447. The fraction of sp³-hybridized carbons (Fsp3) is 1.00. The maximum absolute atomic E-state index is 12.4. The highest BCUT2D eigenvalue weighted by atomic mass is 35.5. The first-order chi connectivity index (χ1) is 6.18. The van der Waals surface area contributed by atoms with Crippen molar-refractivity contribution < 1.29 is 13.5 Å². The van der Waals surface area contributed by atoms with Crippen LogP contribution in [0.3, 0.4) is 0 Å². The van der Waals surface area contributed by atoms with Gasteiger partial charge in [0, 0.05) is 13.0 Å². The Balaban J connectivity index is 0.000000980. The van der Waals surface area contributed by atoms with E-state index in [4.69, 9.17) is 4.74 Å². The molecule has 1 N–H and O–H groups in total. The van der Waals surface area contributed by atoms with E-state index in [2.05, 4.69) is 5.32 Å². The van der Waals surface area contributed by atoms with Crippen LogP contribution in [0.2, 0.25) is 0 Å². The molecule has 0 spiro atoms. The van der Waals surface area contributed by atoms with Gasteiger partial charge >= 0.3 is 0 Å². The summed E-state index contributed by atoms with van der Waals surface area (Å²) in [5.74, 6) is -2.39. The standard InChI is InChI=1S/C9H15F2NO.ClH/c10-9(11)3-8(9)6-13-5-7-1-2-12-4-7;/h7-8,12H,1-6H2;1H. The zero-order valence-corrected chi connectivity index (χ0v) is 8.79. The van der Waals surface area contributed by atoms with E-state index in [9.17, 15) is 8.78 Å². The maximum atomic E-state index is 12.4. The minimum absolute atomic E-state index is 0. The van der Waals surface area contributed by atoms with Crippen molar-refractivity contribution in [2.45, 2.75) is 18.8 Å². The average Bonchev–Trinajstić information content (AvgIpc) is 2.53. The predicted octanol–water partition coefficient (Wildman–Crippen LogP) is 1.69. The van der Waals surface area contributed by atoms with Crippen LogP contribution in [0, 0.1) is 11.8 Å². The fourth-order valence-electron chi connectivity index (χ4n) is 1.68. The Labute approximate surface area is 88.8 Å². The lowest BCUT2D eigenvalue weighted by Gasteiger charge is -2.08. The minimum Gasteiger partial charge on any atom is -0.381 e. The Kier molecular flexibility index (Phi) is 4.10. The van der Waals surface area contributed by atoms with Gasteiger partial charge in [-0.2, -0.15) is 0 Å². The first kappa shape index (κ1) is 12.1. The molecule has 1 aliphatic heterocycles. The van der Waals surface area contributed by atoms with E-state index < -0.39 is 11.8 Å². The highest BCUT2D eigenvalue weighted by Gasteiger charge is 2.56. The predicted molar refractivity (Wildman–Crippen MR) is 52.1 cm³/mol. The Morgan fingerprint density at radius 1 is 1.36 bits per heavy atom. The normalized spacial score (nSPS) is 33.9. The quantitative estimate of drug-likeness (QED) is 0.789. The third kappa shape index (κ3) is 3.04. The minimum atomic E-state index is -2.42. The Hall–Kier alpha value is 0.0700. The summed E-state index contributed by atoms with van der Waals surface area (Å²) in [5, 5.41) is 3.21. The SMILES string of the molecule is Cl.FC1(F)CC1COCC1CCNC1. The monoisotopic (exact) mass is 227 g/mol. The highest BCUT2D eigenvalue weighted by molar-refractivity contribution is 5.85. The molecule has 2 fully saturated rings. The van der Waals surface area contributed by atoms with Crippen molar-refractivity contribution in [3.05, 3.63) is 0 Å². The molecule has 5 heteroatoms. The number of nitrogens with one attached hydrogen (secondary N) is 1. The summed E-state index contributed by atoms with van der Waals surface area (Å²) in [5.41, 5.74) is 0. The van der Waals surface area contributed by atoms with Crippen LogP contribution < -0.4 is 5.32 Å². The number of ether oxygens (including phenoxy) is 1. The molecule has 14 heavy (non-hydrogen) atoms. The van der Waals surface area contributed by atoms with Crippen LogP contribution in [0.4, 0.5) is 8.78 Å². The summed E-state index contributed by atoms with van der Waals surface area (Å²) >= 11 is 0. The summed E-state index contributed by atoms with van der Waals surface area (Å²) in [6, 6.07) is 0. The lowest BCUT2D eigenvalue weighted by Crippen LogP contribution is -2.15. The molecular formula is C9H16ClF2NO. The molecule has 0 aromatic rings. The van der Waals surface area contributed by atoms with Gasteiger partial charge in [0.1, 0.15) is 0 Å². The van der Waals surface area contributed by atoms with E-state index in [0.29, 0.717) is 12.5 Å². The second kappa shape index (κ2) is 4.73. The molecule has 2 atom stereocenters. The van der Waals surface area contributed by atoms with Crippen LogP contribution >= 0.6 is 12.4 Å². The van der Waals surface area contributed by atoms with E-state index in [0.717, 1.165) is 19.5 Å². The van der Waals surface area contributed by atoms with Gasteiger partial charge in [-0.25, -0.2) is 8.78 Å². The molecular weight excluding hydrogens is 212 g/mol. The third-order valence-corrected chi connectivity index (χ3v) is 2.79. The highest BCUT2D eigenvalue weighted by Crippen LogP contribution is 2.48. The summed E-state index contributed by atoms with van der Waals surface area (Å²) < 4.78 is 30.1. The Morgan fingerprint density at radius 2 is 2.07 bits per heavy atom. The van der Waals surface area contributed by atoms with Crippen molar-refractivity contribution in [3.8, 4) is 0 Å². The first-order valence-electron chi connectivity index (χ1n) is 4.85. The van der Waals surface area contributed by atoms with Crippen LogP contribution in [0.1, 0.15) is 12.8 Å². The molecule has 2 aliphatic rings. The molecule has 2 unspecified atom stereocenters. The molecule has 0 amide bonds.